The van der Waals surface area contributed by atoms with Crippen molar-refractivity contribution in [1.82, 2.24) is 0 Å². The number of rotatable bonds is 6. The van der Waals surface area contributed by atoms with Crippen molar-refractivity contribution in [2.75, 3.05) is 0 Å². The van der Waals surface area contributed by atoms with E-state index in [2.05, 4.69) is 52.8 Å². The molecule has 1 heterocycles. The second kappa shape index (κ2) is 8.94. The van der Waals surface area contributed by atoms with Crippen LogP contribution in [0.4, 0.5) is 0 Å². The van der Waals surface area contributed by atoms with Gasteiger partial charge in [-0.2, -0.15) is 0 Å². The van der Waals surface area contributed by atoms with Crippen molar-refractivity contribution in [3.8, 4) is 0 Å². The van der Waals surface area contributed by atoms with E-state index in [1.165, 1.54) is 36.8 Å². The molecule has 2 atom stereocenters. The van der Waals surface area contributed by atoms with Crippen molar-refractivity contribution in [3.63, 3.8) is 0 Å². The van der Waals surface area contributed by atoms with E-state index in [-0.39, 0.29) is 0 Å². The average Bonchev–Trinajstić information content (AvgIpc) is 2.64. The molecule has 1 aliphatic heterocycles. The Hall–Kier alpha value is -1.11. The summed E-state index contributed by atoms with van der Waals surface area (Å²) >= 11 is 0. The van der Waals surface area contributed by atoms with E-state index in [4.69, 9.17) is 4.99 Å². The topological polar surface area (TPSA) is 12.4 Å². The minimum absolute atomic E-state index is 0.459. The molecule has 0 radical (unpaired) electrons. The van der Waals surface area contributed by atoms with Crippen LogP contribution >= 0.6 is 0 Å². The molecule has 0 N–H and O–H groups in total. The highest BCUT2D eigenvalue weighted by atomic mass is 14.8. The van der Waals surface area contributed by atoms with Gasteiger partial charge in [-0.3, -0.25) is 4.99 Å². The Kier molecular flexibility index (Phi) is 7.58. The maximum absolute atomic E-state index is 4.73. The minimum Gasteiger partial charge on any atom is -0.290 e. The highest BCUT2D eigenvalue weighted by Gasteiger charge is 2.13. The summed E-state index contributed by atoms with van der Waals surface area (Å²) in [6.45, 7) is 11.1. The summed E-state index contributed by atoms with van der Waals surface area (Å²) in [6, 6.07) is 0.459. The van der Waals surface area contributed by atoms with Gasteiger partial charge in [0.25, 0.3) is 0 Å². The van der Waals surface area contributed by atoms with Crippen LogP contribution in [0.15, 0.2) is 39.9 Å². The van der Waals surface area contributed by atoms with Gasteiger partial charge in [0, 0.05) is 6.21 Å². The number of allylic oxidation sites excluding steroid dienone is 5. The molecule has 112 valence electrons. The third-order valence-corrected chi connectivity index (χ3v) is 4.35. The smallest absolute Gasteiger partial charge is 0.0539 e. The zero-order chi connectivity index (χ0) is 15.0. The molecule has 1 aliphatic rings. The Bertz CT molecular complexity index is 409. The van der Waals surface area contributed by atoms with Gasteiger partial charge in [0.2, 0.25) is 0 Å². The first kappa shape index (κ1) is 16.9. The molecule has 0 aromatic rings. The van der Waals surface area contributed by atoms with Crippen LogP contribution in [-0.2, 0) is 0 Å². The molecular formula is C19H31N. The first-order valence-corrected chi connectivity index (χ1v) is 8.07. The summed E-state index contributed by atoms with van der Waals surface area (Å²) in [6.07, 6.45) is 14.6. The van der Waals surface area contributed by atoms with Crippen molar-refractivity contribution < 1.29 is 0 Å². The Morgan fingerprint density at radius 2 is 2.20 bits per heavy atom. The molecule has 0 aliphatic carbocycles. The summed E-state index contributed by atoms with van der Waals surface area (Å²) < 4.78 is 0. The van der Waals surface area contributed by atoms with Crippen LogP contribution < -0.4 is 0 Å². The number of hydrogen-bond acceptors (Lipinski definition) is 1. The normalized spacial score (nSPS) is 22.4. The third kappa shape index (κ3) is 5.90. The van der Waals surface area contributed by atoms with Gasteiger partial charge in [-0.1, -0.05) is 49.1 Å². The molecule has 0 aromatic heterocycles. The molecule has 1 heteroatoms. The lowest BCUT2D eigenvalue weighted by atomic mass is 9.93. The van der Waals surface area contributed by atoms with E-state index < -0.39 is 0 Å². The van der Waals surface area contributed by atoms with Crippen LogP contribution in [0.3, 0.4) is 0 Å². The van der Waals surface area contributed by atoms with Crippen LogP contribution in [0.25, 0.3) is 0 Å². The summed E-state index contributed by atoms with van der Waals surface area (Å²) in [5.41, 5.74) is 4.44. The summed E-state index contributed by atoms with van der Waals surface area (Å²) in [7, 11) is 0. The van der Waals surface area contributed by atoms with Crippen LogP contribution in [0.5, 0.6) is 0 Å². The Morgan fingerprint density at radius 3 is 2.85 bits per heavy atom. The molecule has 0 spiro atoms. The first-order chi connectivity index (χ1) is 9.56. The summed E-state index contributed by atoms with van der Waals surface area (Å²) in [5, 5.41) is 0. The zero-order valence-electron chi connectivity index (χ0n) is 13.9. The van der Waals surface area contributed by atoms with Gasteiger partial charge in [0.15, 0.2) is 0 Å². The fourth-order valence-corrected chi connectivity index (χ4v) is 2.60. The molecule has 0 amide bonds. The van der Waals surface area contributed by atoms with Crippen molar-refractivity contribution in [2.45, 2.75) is 72.8 Å². The van der Waals surface area contributed by atoms with Crippen LogP contribution in [0, 0.1) is 5.92 Å². The van der Waals surface area contributed by atoms with Gasteiger partial charge in [0.1, 0.15) is 0 Å². The lowest BCUT2D eigenvalue weighted by Crippen LogP contribution is -2.05. The molecule has 0 bridgehead atoms. The maximum atomic E-state index is 4.73. The Morgan fingerprint density at radius 1 is 1.45 bits per heavy atom. The van der Waals surface area contributed by atoms with E-state index in [1.54, 1.807) is 5.57 Å². The van der Waals surface area contributed by atoms with Crippen LogP contribution in [0.2, 0.25) is 0 Å². The monoisotopic (exact) mass is 273 g/mol. The van der Waals surface area contributed by atoms with Gasteiger partial charge in [0.05, 0.1) is 6.04 Å². The van der Waals surface area contributed by atoms with Crippen molar-refractivity contribution >= 4 is 6.21 Å². The second-order valence-corrected chi connectivity index (χ2v) is 6.20. The summed E-state index contributed by atoms with van der Waals surface area (Å²) in [4.78, 5) is 4.73. The molecular weight excluding hydrogens is 242 g/mol. The molecule has 0 aromatic carbocycles. The van der Waals surface area contributed by atoms with E-state index >= 15 is 0 Å². The number of nitrogens with zero attached hydrogens (tertiary/aromatic N) is 1. The maximum Gasteiger partial charge on any atom is 0.0539 e. The number of aliphatic imine (C=N–C) groups is 1. The van der Waals surface area contributed by atoms with Crippen LogP contribution in [-0.4, -0.2) is 12.3 Å². The third-order valence-electron chi connectivity index (χ3n) is 4.35. The highest BCUT2D eigenvalue weighted by molar-refractivity contribution is 5.72. The standard InChI is InChI=1S/C19H31N/c1-6-8-16(4)17(5)14-19-10-9-18(11-12-20-19)13-15(3)7-2/h6,8,11-12,15,19H,7,9-10,13-14H2,1-5H3/b8-6-,17-16+. The van der Waals surface area contributed by atoms with Crippen molar-refractivity contribution in [1.29, 1.82) is 0 Å². The fourth-order valence-electron chi connectivity index (χ4n) is 2.60. The summed E-state index contributed by atoms with van der Waals surface area (Å²) in [5.74, 6) is 0.796. The fraction of sp³-hybridized carbons (Fsp3) is 0.632. The molecule has 20 heavy (non-hydrogen) atoms. The van der Waals surface area contributed by atoms with E-state index in [0.717, 1.165) is 12.3 Å². The molecule has 0 fully saturated rings. The van der Waals surface area contributed by atoms with Crippen LogP contribution in [0.1, 0.15) is 66.7 Å². The van der Waals surface area contributed by atoms with E-state index in [9.17, 15) is 0 Å². The Labute approximate surface area is 125 Å². The SMILES string of the molecule is C/C=C\C(C)=C(/C)CC1CCC(CC(C)CC)=CC=N1. The van der Waals surface area contributed by atoms with Crippen molar-refractivity contribution in [2.24, 2.45) is 10.9 Å². The van der Waals surface area contributed by atoms with Gasteiger partial charge < -0.3 is 0 Å². The predicted octanol–water partition coefficient (Wildman–Crippen LogP) is 5.88. The number of hydrogen-bond donors (Lipinski definition) is 0. The van der Waals surface area contributed by atoms with E-state index in [0.29, 0.717) is 6.04 Å². The molecule has 2 unspecified atom stereocenters. The minimum atomic E-state index is 0.459. The quantitative estimate of drug-likeness (QED) is 0.535. The lowest BCUT2D eigenvalue weighted by molar-refractivity contribution is 0.532. The zero-order valence-corrected chi connectivity index (χ0v) is 13.9. The van der Waals surface area contributed by atoms with Gasteiger partial charge in [-0.15, -0.1) is 0 Å². The largest absolute Gasteiger partial charge is 0.290 e. The van der Waals surface area contributed by atoms with Gasteiger partial charge in [-0.25, -0.2) is 0 Å². The molecule has 1 rings (SSSR count). The molecule has 0 saturated carbocycles. The van der Waals surface area contributed by atoms with Gasteiger partial charge >= 0.3 is 0 Å². The Balaban J connectivity index is 2.54. The second-order valence-electron chi connectivity index (χ2n) is 6.20. The lowest BCUT2D eigenvalue weighted by Gasteiger charge is -2.14. The van der Waals surface area contributed by atoms with Crippen molar-refractivity contribution in [3.05, 3.63) is 34.9 Å². The highest BCUT2D eigenvalue weighted by Crippen LogP contribution is 2.24. The van der Waals surface area contributed by atoms with E-state index in [1.807, 2.05) is 6.21 Å². The molecule has 0 saturated heterocycles. The molecule has 1 nitrogen and oxygen atoms in total. The average molecular weight is 273 g/mol. The predicted molar refractivity (Wildman–Crippen MR) is 91.5 cm³/mol. The van der Waals surface area contributed by atoms with Gasteiger partial charge in [-0.05, 0) is 58.4 Å². The first-order valence-electron chi connectivity index (χ1n) is 8.07.